The molecule has 0 bridgehead atoms. The van der Waals surface area contributed by atoms with Crippen LogP contribution >= 0.6 is 11.6 Å². The number of ether oxygens (including phenoxy) is 3. The summed E-state index contributed by atoms with van der Waals surface area (Å²) in [6, 6.07) is 17.3. The van der Waals surface area contributed by atoms with E-state index in [0.717, 1.165) is 55.0 Å². The van der Waals surface area contributed by atoms with Gasteiger partial charge < -0.3 is 24.4 Å². The van der Waals surface area contributed by atoms with Crippen molar-refractivity contribution in [1.82, 2.24) is 19.7 Å². The molecule has 1 aliphatic rings. The van der Waals surface area contributed by atoms with Crippen molar-refractivity contribution in [2.24, 2.45) is 0 Å². The molecule has 0 aliphatic carbocycles. The molecule has 0 spiro atoms. The van der Waals surface area contributed by atoms with Gasteiger partial charge in [-0.3, -0.25) is 14.6 Å². The highest BCUT2D eigenvalue weighted by Crippen LogP contribution is 2.38. The van der Waals surface area contributed by atoms with Gasteiger partial charge in [-0.2, -0.15) is 18.3 Å². The molecular formula is C40H34ClF4N5O5. The van der Waals surface area contributed by atoms with Crippen LogP contribution in [0, 0.1) is 5.82 Å². The van der Waals surface area contributed by atoms with E-state index >= 15 is 4.39 Å². The number of halogens is 5. The number of para-hydroxylation sites is 1. The van der Waals surface area contributed by atoms with Crippen LogP contribution in [0.3, 0.4) is 0 Å². The molecule has 0 radical (unpaired) electrons. The maximum Gasteiger partial charge on any atom is 0.416 e. The van der Waals surface area contributed by atoms with Crippen molar-refractivity contribution in [1.29, 1.82) is 0 Å². The minimum absolute atomic E-state index is 0.00110. The summed E-state index contributed by atoms with van der Waals surface area (Å²) in [6.07, 6.45) is 1.41. The summed E-state index contributed by atoms with van der Waals surface area (Å²) < 4.78 is 74.9. The van der Waals surface area contributed by atoms with Crippen molar-refractivity contribution in [3.05, 3.63) is 117 Å². The number of fused-ring (bicyclic) bond motifs is 2. The van der Waals surface area contributed by atoms with Gasteiger partial charge >= 0.3 is 6.18 Å². The lowest BCUT2D eigenvalue weighted by Gasteiger charge is -2.26. The number of alkyl halides is 3. The fourth-order valence-electron chi connectivity index (χ4n) is 6.47. The van der Waals surface area contributed by atoms with Crippen molar-refractivity contribution in [2.75, 3.05) is 38.7 Å². The normalized spacial score (nSPS) is 13.6. The fourth-order valence-corrected chi connectivity index (χ4v) is 6.67. The number of methoxy groups -OCH3 is 1. The average Bonchev–Trinajstić information content (AvgIpc) is 3.18. The number of piperidine rings is 1. The van der Waals surface area contributed by atoms with Gasteiger partial charge in [-0.15, -0.1) is 0 Å². The van der Waals surface area contributed by atoms with Crippen molar-refractivity contribution in [2.45, 2.75) is 31.9 Å². The molecule has 55 heavy (non-hydrogen) atoms. The van der Waals surface area contributed by atoms with Crippen LogP contribution in [0.25, 0.3) is 27.5 Å². The van der Waals surface area contributed by atoms with Crippen molar-refractivity contribution < 1.29 is 36.6 Å². The van der Waals surface area contributed by atoms with Crippen LogP contribution in [0.1, 0.15) is 41.7 Å². The number of carbonyl (C=O) groups excluding carboxylic acids is 1. The maximum atomic E-state index is 15.5. The van der Waals surface area contributed by atoms with Crippen LogP contribution in [-0.2, 0) is 6.18 Å². The predicted octanol–water partition coefficient (Wildman–Crippen LogP) is 9.05. The Morgan fingerprint density at radius 2 is 1.71 bits per heavy atom. The Morgan fingerprint density at radius 3 is 2.47 bits per heavy atom. The molecule has 0 unspecified atom stereocenters. The summed E-state index contributed by atoms with van der Waals surface area (Å²) in [5.41, 5.74) is -2.06. The number of benzene rings is 4. The monoisotopic (exact) mass is 775 g/mol. The summed E-state index contributed by atoms with van der Waals surface area (Å²) in [5, 5.41) is 7.01. The number of likely N-dealkylation sites (tertiary alicyclic amines) is 1. The van der Waals surface area contributed by atoms with E-state index < -0.39 is 34.6 Å². The van der Waals surface area contributed by atoms with Crippen LogP contribution in [0.4, 0.5) is 23.2 Å². The van der Waals surface area contributed by atoms with Crippen LogP contribution in [0.5, 0.6) is 23.0 Å². The van der Waals surface area contributed by atoms with Crippen molar-refractivity contribution in [3.63, 3.8) is 0 Å². The molecule has 1 N–H and O–H groups in total. The quantitative estimate of drug-likeness (QED) is 0.103. The van der Waals surface area contributed by atoms with E-state index in [1.807, 2.05) is 0 Å². The number of anilines is 1. The Kier molecular flexibility index (Phi) is 10.9. The number of nitrogens with zero attached hydrogens (tertiary/aromatic N) is 4. The highest BCUT2D eigenvalue weighted by atomic mass is 35.5. The molecule has 0 saturated carbocycles. The molecule has 10 nitrogen and oxygen atoms in total. The van der Waals surface area contributed by atoms with Gasteiger partial charge in [-0.25, -0.2) is 9.07 Å². The zero-order chi connectivity index (χ0) is 38.7. The van der Waals surface area contributed by atoms with Gasteiger partial charge in [0.25, 0.3) is 5.91 Å². The number of hydrogen-bond donors (Lipinski definition) is 1. The smallest absolute Gasteiger partial charge is 0.416 e. The Labute approximate surface area is 317 Å². The number of rotatable bonds is 11. The lowest BCUT2D eigenvalue weighted by molar-refractivity contribution is -0.137. The summed E-state index contributed by atoms with van der Waals surface area (Å²) in [7, 11) is 1.52. The first-order valence-electron chi connectivity index (χ1n) is 17.5. The molecule has 1 aliphatic heterocycles. The second-order valence-electron chi connectivity index (χ2n) is 12.9. The third-order valence-electron chi connectivity index (χ3n) is 9.23. The molecule has 1 fully saturated rings. The lowest BCUT2D eigenvalue weighted by atomic mass is 10.1. The van der Waals surface area contributed by atoms with E-state index in [2.05, 4.69) is 20.3 Å². The minimum atomic E-state index is -4.70. The van der Waals surface area contributed by atoms with Gasteiger partial charge in [0.05, 0.1) is 46.4 Å². The average molecular weight is 776 g/mol. The van der Waals surface area contributed by atoms with Crippen molar-refractivity contribution in [3.8, 4) is 28.7 Å². The predicted molar refractivity (Wildman–Crippen MR) is 200 cm³/mol. The summed E-state index contributed by atoms with van der Waals surface area (Å²) in [6.45, 7) is 3.68. The topological polar surface area (TPSA) is 108 Å². The lowest BCUT2D eigenvalue weighted by Crippen LogP contribution is -2.31. The number of pyridine rings is 1. The van der Waals surface area contributed by atoms with Gasteiger partial charge in [0.1, 0.15) is 5.75 Å². The van der Waals surface area contributed by atoms with E-state index in [1.54, 1.807) is 24.3 Å². The van der Waals surface area contributed by atoms with Gasteiger partial charge in [-0.05, 0) is 86.9 Å². The van der Waals surface area contributed by atoms with E-state index in [9.17, 15) is 22.8 Å². The summed E-state index contributed by atoms with van der Waals surface area (Å²) >= 11 is 6.30. The molecule has 4 aromatic carbocycles. The van der Waals surface area contributed by atoms with Gasteiger partial charge in [0, 0.05) is 35.9 Å². The molecule has 284 valence electrons. The van der Waals surface area contributed by atoms with Crippen LogP contribution in [-0.4, -0.2) is 58.9 Å². The number of carbonyl (C=O) groups is 1. The molecule has 6 aromatic rings. The van der Waals surface area contributed by atoms with Gasteiger partial charge in [0.2, 0.25) is 5.43 Å². The number of hydrogen-bond acceptors (Lipinski definition) is 8. The Bertz CT molecular complexity index is 2450. The SMILES string of the molecule is COc1cc2c(Oc3ccc(NC(=O)c4nn(-c5cc(C(F)(F)F)ccc5Cl)c5ccccc5c4=O)cc3F)ccnc2cc1OCCCN1CCCCC1. The molecular weight excluding hydrogens is 742 g/mol. The minimum Gasteiger partial charge on any atom is -0.493 e. The first-order chi connectivity index (χ1) is 26.5. The second kappa shape index (κ2) is 15.9. The zero-order valence-corrected chi connectivity index (χ0v) is 30.2. The van der Waals surface area contributed by atoms with Crippen LogP contribution in [0.2, 0.25) is 5.02 Å². The third-order valence-corrected chi connectivity index (χ3v) is 9.55. The summed E-state index contributed by atoms with van der Waals surface area (Å²) in [5.74, 6) is -0.785. The Hall–Kier alpha value is -5.73. The third kappa shape index (κ3) is 8.20. The van der Waals surface area contributed by atoms with E-state index in [0.29, 0.717) is 29.0 Å². The standard InChI is InChI=1S/C40H34ClF4N5O5/c1-53-35-22-27-30(23-36(35)54-19-7-18-49-16-5-2-6-17-49)46-15-14-33(27)55-34-13-11-25(21-29(34)42)47-39(52)37-38(51)26-8-3-4-9-31(26)50(48-37)32-20-24(40(43,44)45)10-12-28(32)41/h3-4,8-15,20-23H,2,5-7,16-19H2,1H3,(H,47,52). The van der Waals surface area contributed by atoms with Gasteiger partial charge in [0.15, 0.2) is 28.8 Å². The molecule has 1 amide bonds. The molecule has 2 aromatic heterocycles. The highest BCUT2D eigenvalue weighted by molar-refractivity contribution is 6.32. The molecule has 1 saturated heterocycles. The van der Waals surface area contributed by atoms with E-state index in [4.69, 9.17) is 25.8 Å². The first kappa shape index (κ1) is 37.6. The number of nitrogens with one attached hydrogen (secondary N) is 1. The van der Waals surface area contributed by atoms with Gasteiger partial charge in [-0.1, -0.05) is 30.2 Å². The van der Waals surface area contributed by atoms with E-state index in [1.165, 1.54) is 62.9 Å². The van der Waals surface area contributed by atoms with Crippen molar-refractivity contribution >= 4 is 45.0 Å². The molecule has 0 atom stereocenters. The molecule has 15 heteroatoms. The van der Waals surface area contributed by atoms with Crippen LogP contribution in [0.15, 0.2) is 89.9 Å². The summed E-state index contributed by atoms with van der Waals surface area (Å²) in [4.78, 5) is 33.8. The number of amides is 1. The van der Waals surface area contributed by atoms with E-state index in [-0.39, 0.29) is 38.8 Å². The first-order valence-corrected chi connectivity index (χ1v) is 17.9. The Morgan fingerprint density at radius 1 is 0.909 bits per heavy atom. The molecule has 3 heterocycles. The fraction of sp³-hybridized carbons (Fsp3) is 0.250. The maximum absolute atomic E-state index is 15.5. The molecule has 7 rings (SSSR count). The van der Waals surface area contributed by atoms with Crippen LogP contribution < -0.4 is 25.0 Å². The number of aromatic nitrogens is 3. The Balaban J connectivity index is 1.10. The zero-order valence-electron chi connectivity index (χ0n) is 29.5. The largest absolute Gasteiger partial charge is 0.493 e. The second-order valence-corrected chi connectivity index (χ2v) is 13.3. The highest BCUT2D eigenvalue weighted by Gasteiger charge is 2.32.